The van der Waals surface area contributed by atoms with E-state index in [-0.39, 0.29) is 5.56 Å². The van der Waals surface area contributed by atoms with Crippen molar-refractivity contribution in [1.29, 1.82) is 0 Å². The summed E-state index contributed by atoms with van der Waals surface area (Å²) in [6.45, 7) is 2.39. The van der Waals surface area contributed by atoms with Crippen molar-refractivity contribution in [2.75, 3.05) is 11.9 Å². The molecule has 2 rings (SSSR count). The summed E-state index contributed by atoms with van der Waals surface area (Å²) in [5.74, 6) is -0.381. The molecule has 0 saturated heterocycles. The van der Waals surface area contributed by atoms with Crippen molar-refractivity contribution < 1.29 is 9.90 Å². The Labute approximate surface area is 109 Å². The molecule has 96 valence electrons. The molecule has 2 N–H and O–H groups in total. The van der Waals surface area contributed by atoms with Crippen LogP contribution in [0.2, 0.25) is 0 Å². The van der Waals surface area contributed by atoms with Crippen molar-refractivity contribution in [2.24, 2.45) is 7.05 Å². The lowest BCUT2D eigenvalue weighted by Gasteiger charge is -2.07. The lowest BCUT2D eigenvalue weighted by atomic mass is 10.2. The Morgan fingerprint density at radius 2 is 2.39 bits per heavy atom. The highest BCUT2D eigenvalue weighted by molar-refractivity contribution is 7.07. The van der Waals surface area contributed by atoms with E-state index >= 15 is 0 Å². The summed E-state index contributed by atoms with van der Waals surface area (Å²) < 4.78 is 1.58. The quantitative estimate of drug-likeness (QED) is 0.869. The first-order valence-electron chi connectivity index (χ1n) is 5.61. The average Bonchev–Trinajstić information content (AvgIpc) is 2.87. The molecule has 0 spiro atoms. The Balaban J connectivity index is 2.07. The summed E-state index contributed by atoms with van der Waals surface area (Å²) in [7, 11) is 1.74. The van der Waals surface area contributed by atoms with Gasteiger partial charge >= 0.3 is 5.97 Å². The molecule has 0 aliphatic carbocycles. The van der Waals surface area contributed by atoms with E-state index in [9.17, 15) is 4.79 Å². The van der Waals surface area contributed by atoms with Crippen LogP contribution < -0.4 is 5.32 Å². The van der Waals surface area contributed by atoms with Crippen LogP contribution in [0.1, 0.15) is 21.6 Å². The zero-order chi connectivity index (χ0) is 13.1. The largest absolute Gasteiger partial charge is 0.477 e. The second-order valence-electron chi connectivity index (χ2n) is 4.05. The van der Waals surface area contributed by atoms with Gasteiger partial charge in [0, 0.05) is 13.6 Å². The topological polar surface area (TPSA) is 67.2 Å². The maximum Gasteiger partial charge on any atom is 0.341 e. The minimum atomic E-state index is -0.946. The highest BCUT2D eigenvalue weighted by Crippen LogP contribution is 2.18. The first-order chi connectivity index (χ1) is 8.59. The Kier molecular flexibility index (Phi) is 3.66. The average molecular weight is 265 g/mol. The first-order valence-corrected chi connectivity index (χ1v) is 6.55. The van der Waals surface area contributed by atoms with Crippen LogP contribution in [0.3, 0.4) is 0 Å². The molecule has 18 heavy (non-hydrogen) atoms. The number of aromatic carboxylic acids is 1. The molecule has 0 bridgehead atoms. The number of carboxylic acid groups (broad SMARTS) is 1. The van der Waals surface area contributed by atoms with Crippen molar-refractivity contribution in [3.8, 4) is 0 Å². The number of anilines is 1. The molecule has 0 radical (unpaired) electrons. The van der Waals surface area contributed by atoms with Crippen molar-refractivity contribution in [2.45, 2.75) is 13.3 Å². The summed E-state index contributed by atoms with van der Waals surface area (Å²) in [6.07, 6.45) is 0.868. The number of hydrogen-bond donors (Lipinski definition) is 2. The van der Waals surface area contributed by atoms with Gasteiger partial charge in [-0.3, -0.25) is 4.68 Å². The number of aryl methyl sites for hydroxylation is 2. The standard InChI is InChI=1S/C12H15N3O2S/c1-8-10(12(16)17)11(15(2)14-8)13-5-3-9-4-6-18-7-9/h4,6-7,13H,3,5H2,1-2H3,(H,16,17). The van der Waals surface area contributed by atoms with Gasteiger partial charge in [-0.05, 0) is 35.7 Å². The number of hydrogen-bond acceptors (Lipinski definition) is 4. The number of carboxylic acids is 1. The summed E-state index contributed by atoms with van der Waals surface area (Å²) in [6, 6.07) is 2.07. The summed E-state index contributed by atoms with van der Waals surface area (Å²) >= 11 is 1.66. The third-order valence-corrected chi connectivity index (χ3v) is 3.45. The number of nitrogens with zero attached hydrogens (tertiary/aromatic N) is 2. The van der Waals surface area contributed by atoms with Crippen LogP contribution in [0.5, 0.6) is 0 Å². The molecule has 6 heteroatoms. The van der Waals surface area contributed by atoms with Gasteiger partial charge in [-0.15, -0.1) is 0 Å². The predicted octanol–water partition coefficient (Wildman–Crippen LogP) is 2.14. The van der Waals surface area contributed by atoms with Gasteiger partial charge in [0.25, 0.3) is 0 Å². The van der Waals surface area contributed by atoms with Gasteiger partial charge in [-0.25, -0.2) is 4.79 Å². The van der Waals surface area contributed by atoms with Crippen LogP contribution in [0, 0.1) is 6.92 Å². The van der Waals surface area contributed by atoms with Crippen LogP contribution >= 0.6 is 11.3 Å². The Hall–Kier alpha value is -1.82. The van der Waals surface area contributed by atoms with Gasteiger partial charge in [0.2, 0.25) is 0 Å². The number of rotatable bonds is 5. The molecule has 2 aromatic rings. The Bertz CT molecular complexity index is 546. The fourth-order valence-corrected chi connectivity index (χ4v) is 2.58. The highest BCUT2D eigenvalue weighted by atomic mass is 32.1. The fourth-order valence-electron chi connectivity index (χ4n) is 1.88. The molecule has 0 aromatic carbocycles. The zero-order valence-electron chi connectivity index (χ0n) is 10.3. The van der Waals surface area contributed by atoms with Gasteiger partial charge in [-0.1, -0.05) is 0 Å². The molecular formula is C12H15N3O2S. The minimum absolute atomic E-state index is 0.253. The fraction of sp³-hybridized carbons (Fsp3) is 0.333. The molecule has 0 aliphatic heterocycles. The van der Waals surface area contributed by atoms with Crippen molar-refractivity contribution in [3.05, 3.63) is 33.6 Å². The number of aromatic nitrogens is 2. The van der Waals surface area contributed by atoms with Crippen LogP contribution in [0.25, 0.3) is 0 Å². The summed E-state index contributed by atoms with van der Waals surface area (Å²) in [5, 5.41) is 20.5. The molecule has 0 saturated carbocycles. The minimum Gasteiger partial charge on any atom is -0.477 e. The number of carbonyl (C=O) groups is 1. The van der Waals surface area contributed by atoms with E-state index in [1.807, 2.05) is 5.38 Å². The first kappa shape index (κ1) is 12.6. The van der Waals surface area contributed by atoms with Gasteiger partial charge in [0.15, 0.2) is 0 Å². The third-order valence-electron chi connectivity index (χ3n) is 2.72. The second-order valence-corrected chi connectivity index (χ2v) is 4.83. The monoisotopic (exact) mass is 265 g/mol. The van der Waals surface area contributed by atoms with Crippen LogP contribution in [-0.4, -0.2) is 27.4 Å². The van der Waals surface area contributed by atoms with Gasteiger partial charge in [0.1, 0.15) is 11.4 Å². The lowest BCUT2D eigenvalue weighted by Crippen LogP contribution is -2.11. The third kappa shape index (κ3) is 2.53. The molecule has 2 heterocycles. The second kappa shape index (κ2) is 5.22. The van der Waals surface area contributed by atoms with Gasteiger partial charge < -0.3 is 10.4 Å². The van der Waals surface area contributed by atoms with E-state index in [2.05, 4.69) is 21.9 Å². The van der Waals surface area contributed by atoms with E-state index < -0.39 is 5.97 Å². The van der Waals surface area contributed by atoms with E-state index in [0.29, 0.717) is 18.1 Å². The molecule has 0 fully saturated rings. The molecule has 2 aromatic heterocycles. The Morgan fingerprint density at radius 1 is 1.61 bits per heavy atom. The van der Waals surface area contributed by atoms with Crippen molar-refractivity contribution in [1.82, 2.24) is 9.78 Å². The zero-order valence-corrected chi connectivity index (χ0v) is 11.1. The Morgan fingerprint density at radius 3 is 3.00 bits per heavy atom. The molecule has 0 atom stereocenters. The molecule has 0 amide bonds. The molecule has 0 unspecified atom stereocenters. The molecular weight excluding hydrogens is 250 g/mol. The predicted molar refractivity (Wildman–Crippen MR) is 71.4 cm³/mol. The van der Waals surface area contributed by atoms with E-state index in [1.165, 1.54) is 5.56 Å². The van der Waals surface area contributed by atoms with Gasteiger partial charge in [0.05, 0.1) is 5.69 Å². The van der Waals surface area contributed by atoms with E-state index in [0.717, 1.165) is 6.42 Å². The van der Waals surface area contributed by atoms with Crippen LogP contribution in [0.15, 0.2) is 16.8 Å². The van der Waals surface area contributed by atoms with Gasteiger partial charge in [-0.2, -0.15) is 16.4 Å². The van der Waals surface area contributed by atoms with Crippen LogP contribution in [0.4, 0.5) is 5.82 Å². The number of nitrogens with one attached hydrogen (secondary N) is 1. The van der Waals surface area contributed by atoms with Crippen LogP contribution in [-0.2, 0) is 13.5 Å². The maximum atomic E-state index is 11.2. The lowest BCUT2D eigenvalue weighted by molar-refractivity contribution is 0.0697. The molecule has 5 nitrogen and oxygen atoms in total. The van der Waals surface area contributed by atoms with E-state index in [1.54, 1.807) is 30.0 Å². The highest BCUT2D eigenvalue weighted by Gasteiger charge is 2.18. The molecule has 0 aliphatic rings. The van der Waals surface area contributed by atoms with Crippen molar-refractivity contribution in [3.63, 3.8) is 0 Å². The van der Waals surface area contributed by atoms with E-state index in [4.69, 9.17) is 5.11 Å². The SMILES string of the molecule is Cc1nn(C)c(NCCc2ccsc2)c1C(=O)O. The smallest absolute Gasteiger partial charge is 0.341 e. The maximum absolute atomic E-state index is 11.2. The number of thiophene rings is 1. The summed E-state index contributed by atoms with van der Waals surface area (Å²) in [4.78, 5) is 11.2. The summed E-state index contributed by atoms with van der Waals surface area (Å²) in [5.41, 5.74) is 2.04. The normalized spacial score (nSPS) is 10.6. The van der Waals surface area contributed by atoms with Crippen molar-refractivity contribution >= 4 is 23.1 Å².